The Morgan fingerprint density at radius 1 is 1.43 bits per heavy atom. The number of nitrogens with one attached hydrogen (secondary N) is 1. The zero-order valence-electron chi connectivity index (χ0n) is 12.6. The van der Waals surface area contributed by atoms with Crippen LogP contribution in [0, 0.1) is 13.8 Å². The first-order valence-electron chi connectivity index (χ1n) is 6.97. The monoisotopic (exact) mass is 295 g/mol. The number of amides is 1. The van der Waals surface area contributed by atoms with Crippen LogP contribution in [0.15, 0.2) is 4.79 Å². The van der Waals surface area contributed by atoms with Crippen molar-refractivity contribution in [1.82, 2.24) is 15.1 Å². The lowest BCUT2D eigenvalue weighted by Crippen LogP contribution is -2.47. The van der Waals surface area contributed by atoms with Gasteiger partial charge in [0.05, 0.1) is 11.3 Å². The maximum atomic E-state index is 12.3. The van der Waals surface area contributed by atoms with Gasteiger partial charge >= 0.3 is 0 Å². The highest BCUT2D eigenvalue weighted by Crippen LogP contribution is 2.19. The quantitative estimate of drug-likeness (QED) is 0.796. The Bertz CT molecular complexity index is 603. The molecule has 2 N–H and O–H groups in total. The van der Waals surface area contributed by atoms with Gasteiger partial charge in [0.25, 0.3) is 11.5 Å². The Morgan fingerprint density at radius 3 is 2.67 bits per heavy atom. The van der Waals surface area contributed by atoms with Crippen LogP contribution in [0.1, 0.15) is 34.5 Å². The van der Waals surface area contributed by atoms with Gasteiger partial charge in [-0.2, -0.15) is 5.10 Å². The van der Waals surface area contributed by atoms with Gasteiger partial charge in [-0.15, -0.1) is 0 Å². The molecule has 1 aliphatic rings. The largest absolute Gasteiger partial charge is 0.388 e. The van der Waals surface area contributed by atoms with Gasteiger partial charge in [0.2, 0.25) is 0 Å². The van der Waals surface area contributed by atoms with Crippen molar-refractivity contribution in [3.8, 4) is 0 Å². The summed E-state index contributed by atoms with van der Waals surface area (Å²) in [6.45, 7) is 4.50. The summed E-state index contributed by atoms with van der Waals surface area (Å²) in [5.74, 6) is -0.474. The van der Waals surface area contributed by atoms with Crippen molar-refractivity contribution < 1.29 is 14.6 Å². The third-order valence-corrected chi connectivity index (χ3v) is 3.95. The first-order chi connectivity index (χ1) is 9.84. The molecule has 1 fully saturated rings. The number of nitrogens with zero attached hydrogens (tertiary/aromatic N) is 2. The zero-order valence-corrected chi connectivity index (χ0v) is 12.6. The summed E-state index contributed by atoms with van der Waals surface area (Å²) in [4.78, 5) is 24.4. The molecule has 116 valence electrons. The molecule has 0 saturated carbocycles. The second-order valence-electron chi connectivity index (χ2n) is 5.53. The van der Waals surface area contributed by atoms with E-state index in [1.807, 2.05) is 0 Å². The van der Waals surface area contributed by atoms with Crippen LogP contribution in [0.4, 0.5) is 0 Å². The summed E-state index contributed by atoms with van der Waals surface area (Å²) in [5, 5.41) is 17.0. The topological polar surface area (TPSA) is 93.5 Å². The molecule has 0 spiro atoms. The van der Waals surface area contributed by atoms with Crippen LogP contribution in [0.25, 0.3) is 0 Å². The van der Waals surface area contributed by atoms with Crippen molar-refractivity contribution in [3.05, 3.63) is 27.2 Å². The molecule has 0 aliphatic carbocycles. The molecular formula is C14H21N3O4. The van der Waals surface area contributed by atoms with E-state index in [4.69, 9.17) is 4.74 Å². The van der Waals surface area contributed by atoms with Crippen molar-refractivity contribution in [2.45, 2.75) is 32.3 Å². The Morgan fingerprint density at radius 2 is 2.05 bits per heavy atom. The zero-order chi connectivity index (χ0) is 15.6. The van der Waals surface area contributed by atoms with Crippen LogP contribution < -0.4 is 10.9 Å². The third-order valence-electron chi connectivity index (χ3n) is 3.95. The minimum atomic E-state index is -0.963. The number of hydrogen-bond acceptors (Lipinski definition) is 5. The van der Waals surface area contributed by atoms with Crippen LogP contribution in [0.2, 0.25) is 0 Å². The Labute approximate surface area is 122 Å². The standard InChI is InChI=1S/C14H21N3O4/c1-9-10(2)16-17(3)13(19)11(9)12(18)15-8-14(20)4-6-21-7-5-14/h20H,4-8H2,1-3H3,(H,15,18). The van der Waals surface area contributed by atoms with Gasteiger partial charge in [0, 0.05) is 39.6 Å². The van der Waals surface area contributed by atoms with Crippen molar-refractivity contribution in [2.75, 3.05) is 19.8 Å². The SMILES string of the molecule is Cc1nn(C)c(=O)c(C(=O)NCC2(O)CCOCC2)c1C. The summed E-state index contributed by atoms with van der Waals surface area (Å²) in [6, 6.07) is 0. The van der Waals surface area contributed by atoms with Gasteiger partial charge in [-0.1, -0.05) is 0 Å². The van der Waals surface area contributed by atoms with Crippen LogP contribution in [-0.4, -0.2) is 46.2 Å². The number of hydrogen-bond donors (Lipinski definition) is 2. The summed E-state index contributed by atoms with van der Waals surface area (Å²) in [6.07, 6.45) is 0.944. The van der Waals surface area contributed by atoms with E-state index in [0.29, 0.717) is 37.3 Å². The molecular weight excluding hydrogens is 274 g/mol. The van der Waals surface area contributed by atoms with Crippen LogP contribution in [-0.2, 0) is 11.8 Å². The lowest BCUT2D eigenvalue weighted by molar-refractivity contribution is -0.0605. The fraction of sp³-hybridized carbons (Fsp3) is 0.643. The number of carbonyl (C=O) groups excluding carboxylic acids is 1. The minimum absolute atomic E-state index is 0.0839. The molecule has 2 heterocycles. The van der Waals surface area contributed by atoms with Gasteiger partial charge in [-0.3, -0.25) is 9.59 Å². The summed E-state index contributed by atoms with van der Waals surface area (Å²) in [7, 11) is 1.51. The van der Waals surface area contributed by atoms with E-state index in [2.05, 4.69) is 10.4 Å². The average molecular weight is 295 g/mol. The van der Waals surface area contributed by atoms with Crippen molar-refractivity contribution in [2.24, 2.45) is 7.05 Å². The van der Waals surface area contributed by atoms with Gasteiger partial charge in [0.15, 0.2) is 0 Å². The van der Waals surface area contributed by atoms with Crippen LogP contribution >= 0.6 is 0 Å². The highest BCUT2D eigenvalue weighted by molar-refractivity contribution is 5.95. The molecule has 0 unspecified atom stereocenters. The molecule has 1 aliphatic heterocycles. The van der Waals surface area contributed by atoms with Crippen molar-refractivity contribution in [3.63, 3.8) is 0 Å². The lowest BCUT2D eigenvalue weighted by atomic mass is 9.94. The molecule has 1 saturated heterocycles. The Hall–Kier alpha value is -1.73. The lowest BCUT2D eigenvalue weighted by Gasteiger charge is -2.32. The van der Waals surface area contributed by atoms with E-state index in [0.717, 1.165) is 4.68 Å². The fourth-order valence-corrected chi connectivity index (χ4v) is 2.38. The van der Waals surface area contributed by atoms with E-state index in [1.54, 1.807) is 13.8 Å². The smallest absolute Gasteiger partial charge is 0.279 e. The Kier molecular flexibility index (Phi) is 4.43. The van der Waals surface area contributed by atoms with Gasteiger partial charge in [-0.05, 0) is 19.4 Å². The second kappa shape index (κ2) is 5.95. The van der Waals surface area contributed by atoms with E-state index in [1.165, 1.54) is 7.05 Å². The summed E-state index contributed by atoms with van der Waals surface area (Å²) in [5.41, 5.74) is -0.119. The predicted molar refractivity (Wildman–Crippen MR) is 76.3 cm³/mol. The number of carbonyl (C=O) groups is 1. The maximum absolute atomic E-state index is 12.3. The molecule has 1 aromatic rings. The maximum Gasteiger partial charge on any atom is 0.279 e. The predicted octanol–water partition coefficient (Wildman–Crippen LogP) is -0.332. The van der Waals surface area contributed by atoms with Crippen LogP contribution in [0.3, 0.4) is 0 Å². The number of ether oxygens (including phenoxy) is 1. The normalized spacial score (nSPS) is 17.5. The first-order valence-corrected chi connectivity index (χ1v) is 6.97. The number of aromatic nitrogens is 2. The third kappa shape index (κ3) is 3.30. The van der Waals surface area contributed by atoms with Gasteiger partial charge in [-0.25, -0.2) is 4.68 Å². The number of aliphatic hydroxyl groups is 1. The highest BCUT2D eigenvalue weighted by Gasteiger charge is 2.31. The minimum Gasteiger partial charge on any atom is -0.388 e. The van der Waals surface area contributed by atoms with Crippen molar-refractivity contribution in [1.29, 1.82) is 0 Å². The fourth-order valence-electron chi connectivity index (χ4n) is 2.38. The van der Waals surface area contributed by atoms with Crippen molar-refractivity contribution >= 4 is 5.91 Å². The molecule has 1 amide bonds. The second-order valence-corrected chi connectivity index (χ2v) is 5.53. The molecule has 2 rings (SSSR count). The van der Waals surface area contributed by atoms with E-state index in [9.17, 15) is 14.7 Å². The number of rotatable bonds is 3. The molecule has 21 heavy (non-hydrogen) atoms. The molecule has 7 heteroatoms. The molecule has 1 aromatic heterocycles. The molecule has 7 nitrogen and oxygen atoms in total. The summed E-state index contributed by atoms with van der Waals surface area (Å²) >= 11 is 0. The molecule has 0 bridgehead atoms. The molecule has 0 radical (unpaired) electrons. The summed E-state index contributed by atoms with van der Waals surface area (Å²) < 4.78 is 6.34. The van der Waals surface area contributed by atoms with Crippen LogP contribution in [0.5, 0.6) is 0 Å². The number of aryl methyl sites for hydroxylation is 2. The van der Waals surface area contributed by atoms with E-state index in [-0.39, 0.29) is 12.1 Å². The molecule has 0 aromatic carbocycles. The van der Waals surface area contributed by atoms with Gasteiger partial charge in [0.1, 0.15) is 5.56 Å². The first kappa shape index (κ1) is 15.7. The van der Waals surface area contributed by atoms with E-state index >= 15 is 0 Å². The van der Waals surface area contributed by atoms with E-state index < -0.39 is 17.1 Å². The highest BCUT2D eigenvalue weighted by atomic mass is 16.5. The molecule has 0 atom stereocenters. The Balaban J connectivity index is 2.16. The van der Waals surface area contributed by atoms with Gasteiger partial charge < -0.3 is 15.2 Å². The average Bonchev–Trinajstić information content (AvgIpc) is 2.44.